The Morgan fingerprint density at radius 3 is 2.71 bits per heavy atom. The number of nitrogens with zero attached hydrogens (tertiary/aromatic N) is 3. The lowest BCUT2D eigenvalue weighted by molar-refractivity contribution is 1.17. The molecule has 102 valence electrons. The molecule has 0 radical (unpaired) electrons. The Hall–Kier alpha value is -2.33. The quantitative estimate of drug-likeness (QED) is 0.673. The van der Waals surface area contributed by atoms with Crippen molar-refractivity contribution in [1.29, 1.82) is 0 Å². The summed E-state index contributed by atoms with van der Waals surface area (Å²) in [6.45, 7) is 0. The summed E-state index contributed by atoms with van der Waals surface area (Å²) in [7, 11) is 2.09. The fourth-order valence-electron chi connectivity index (χ4n) is 2.50. The highest BCUT2D eigenvalue weighted by Gasteiger charge is 2.21. The van der Waals surface area contributed by atoms with Crippen molar-refractivity contribution in [2.75, 3.05) is 11.9 Å². The summed E-state index contributed by atoms with van der Waals surface area (Å²) in [6, 6.07) is 16.5. The second-order valence-corrected chi connectivity index (χ2v) is 5.95. The van der Waals surface area contributed by atoms with Gasteiger partial charge in [-0.15, -0.1) is 0 Å². The fourth-order valence-corrected chi connectivity index (χ4v) is 3.59. The number of hydrogen-bond donors (Lipinski definition) is 0. The number of rotatable bonds is 1. The van der Waals surface area contributed by atoms with Gasteiger partial charge in [0.15, 0.2) is 0 Å². The maximum Gasteiger partial charge on any atom is 0.116 e. The number of fused-ring (bicyclic) bond motifs is 2. The van der Waals surface area contributed by atoms with Gasteiger partial charge in [-0.2, -0.15) is 0 Å². The van der Waals surface area contributed by atoms with E-state index in [1.165, 1.54) is 15.6 Å². The fraction of sp³-hybridized carbons (Fsp3) is 0.0588. The van der Waals surface area contributed by atoms with E-state index in [2.05, 4.69) is 58.3 Å². The first kappa shape index (κ1) is 12.4. The van der Waals surface area contributed by atoms with Crippen LogP contribution in [0.25, 0.3) is 17.0 Å². The van der Waals surface area contributed by atoms with Crippen LogP contribution in [0.3, 0.4) is 0 Å². The normalized spacial score (nSPS) is 15.7. The molecule has 21 heavy (non-hydrogen) atoms. The molecule has 4 heteroatoms. The monoisotopic (exact) mass is 291 g/mol. The van der Waals surface area contributed by atoms with E-state index in [9.17, 15) is 0 Å². The second kappa shape index (κ2) is 4.90. The lowest BCUT2D eigenvalue weighted by Gasteiger charge is -2.13. The van der Waals surface area contributed by atoms with E-state index in [1.54, 1.807) is 18.1 Å². The van der Waals surface area contributed by atoms with E-state index in [-0.39, 0.29) is 0 Å². The minimum atomic E-state index is 0.961. The molecule has 0 N–H and O–H groups in total. The van der Waals surface area contributed by atoms with E-state index in [0.29, 0.717) is 0 Å². The smallest absolute Gasteiger partial charge is 0.116 e. The Kier molecular flexibility index (Phi) is 2.89. The molecule has 2 heterocycles. The molecule has 1 aromatic heterocycles. The highest BCUT2D eigenvalue weighted by Crippen LogP contribution is 2.45. The molecule has 1 aliphatic rings. The van der Waals surface area contributed by atoms with Crippen molar-refractivity contribution >= 4 is 34.4 Å². The largest absolute Gasteiger partial charge is 0.338 e. The van der Waals surface area contributed by atoms with Gasteiger partial charge in [-0.1, -0.05) is 42.1 Å². The maximum absolute atomic E-state index is 4.44. The molecule has 0 aliphatic carbocycles. The van der Waals surface area contributed by atoms with Crippen molar-refractivity contribution in [3.63, 3.8) is 0 Å². The van der Waals surface area contributed by atoms with Crippen molar-refractivity contribution in [1.82, 2.24) is 9.97 Å². The van der Waals surface area contributed by atoms with Gasteiger partial charge in [0.25, 0.3) is 0 Å². The van der Waals surface area contributed by atoms with Crippen LogP contribution < -0.4 is 4.90 Å². The van der Waals surface area contributed by atoms with Crippen LogP contribution in [-0.2, 0) is 0 Å². The third-order valence-electron chi connectivity index (χ3n) is 3.61. The Bertz CT molecular complexity index is 852. The minimum absolute atomic E-state index is 0.961. The summed E-state index contributed by atoms with van der Waals surface area (Å²) in [5, 5.41) is 2.26. The summed E-state index contributed by atoms with van der Waals surface area (Å²) in [5.74, 6) is 0. The molecule has 0 saturated heterocycles. The van der Waals surface area contributed by atoms with Crippen LogP contribution in [0.5, 0.6) is 0 Å². The lowest BCUT2D eigenvalue weighted by Crippen LogP contribution is -2.09. The molecule has 2 aromatic carbocycles. The first-order valence-corrected chi connectivity index (χ1v) is 7.56. The highest BCUT2D eigenvalue weighted by molar-refractivity contribution is 8.03. The maximum atomic E-state index is 4.44. The van der Waals surface area contributed by atoms with E-state index >= 15 is 0 Å². The van der Waals surface area contributed by atoms with Crippen molar-refractivity contribution in [3.8, 4) is 0 Å². The lowest BCUT2D eigenvalue weighted by atomic mass is 10.2. The number of aromatic nitrogens is 2. The van der Waals surface area contributed by atoms with Gasteiger partial charge in [0, 0.05) is 17.3 Å². The van der Waals surface area contributed by atoms with Crippen LogP contribution in [0.1, 0.15) is 5.69 Å². The third kappa shape index (κ3) is 2.08. The van der Waals surface area contributed by atoms with Gasteiger partial charge in [-0.05, 0) is 24.3 Å². The summed E-state index contributed by atoms with van der Waals surface area (Å²) in [6.07, 6.45) is 3.76. The van der Waals surface area contributed by atoms with E-state index in [1.807, 2.05) is 18.2 Å². The average Bonchev–Trinajstić information content (AvgIpc) is 2.85. The Morgan fingerprint density at radius 1 is 1.00 bits per heavy atom. The Balaban J connectivity index is 1.82. The highest BCUT2D eigenvalue weighted by atomic mass is 32.2. The van der Waals surface area contributed by atoms with E-state index in [0.717, 1.165) is 16.6 Å². The zero-order valence-corrected chi connectivity index (χ0v) is 12.3. The van der Waals surface area contributed by atoms with Gasteiger partial charge < -0.3 is 4.90 Å². The second-order valence-electron chi connectivity index (χ2n) is 4.89. The van der Waals surface area contributed by atoms with Crippen LogP contribution in [-0.4, -0.2) is 17.0 Å². The first-order chi connectivity index (χ1) is 10.3. The van der Waals surface area contributed by atoms with Crippen LogP contribution in [0.2, 0.25) is 0 Å². The molecule has 0 atom stereocenters. The molecular weight excluding hydrogens is 278 g/mol. The zero-order chi connectivity index (χ0) is 14.2. The molecule has 0 fully saturated rings. The predicted molar refractivity (Wildman–Crippen MR) is 88.2 cm³/mol. The Morgan fingerprint density at radius 2 is 1.81 bits per heavy atom. The molecule has 0 unspecified atom stereocenters. The summed E-state index contributed by atoms with van der Waals surface area (Å²) < 4.78 is 0. The van der Waals surface area contributed by atoms with E-state index < -0.39 is 0 Å². The van der Waals surface area contributed by atoms with Crippen molar-refractivity contribution < 1.29 is 0 Å². The van der Waals surface area contributed by atoms with Gasteiger partial charge in [0.1, 0.15) is 6.33 Å². The van der Waals surface area contributed by atoms with Gasteiger partial charge in [-0.25, -0.2) is 9.97 Å². The number of hydrogen-bond acceptors (Lipinski definition) is 4. The summed E-state index contributed by atoms with van der Waals surface area (Å²) in [4.78, 5) is 12.2. The third-order valence-corrected chi connectivity index (χ3v) is 4.77. The molecule has 0 amide bonds. The van der Waals surface area contributed by atoms with Crippen molar-refractivity contribution in [2.45, 2.75) is 4.90 Å². The van der Waals surface area contributed by atoms with Crippen LogP contribution in [0, 0.1) is 0 Å². The van der Waals surface area contributed by atoms with Gasteiger partial charge in [0.05, 0.1) is 21.9 Å². The number of para-hydroxylation sites is 2. The SMILES string of the molecule is CN1C(=Cc2ncnc3ccccc23)Sc2ccccc21. The molecule has 3 nitrogen and oxygen atoms in total. The topological polar surface area (TPSA) is 29.0 Å². The molecular formula is C17H13N3S. The van der Waals surface area contributed by atoms with Gasteiger partial charge >= 0.3 is 0 Å². The van der Waals surface area contributed by atoms with Crippen LogP contribution >= 0.6 is 11.8 Å². The number of anilines is 1. The predicted octanol–water partition coefficient (Wildman–Crippen LogP) is 4.17. The van der Waals surface area contributed by atoms with Crippen LogP contribution in [0.15, 0.2) is 64.8 Å². The molecule has 0 bridgehead atoms. The van der Waals surface area contributed by atoms with Gasteiger partial charge in [-0.3, -0.25) is 0 Å². The van der Waals surface area contributed by atoms with Crippen molar-refractivity contribution in [3.05, 3.63) is 65.6 Å². The first-order valence-electron chi connectivity index (χ1n) is 6.75. The van der Waals surface area contributed by atoms with Crippen LogP contribution in [0.4, 0.5) is 5.69 Å². The molecule has 0 saturated carbocycles. The van der Waals surface area contributed by atoms with Crippen molar-refractivity contribution in [2.24, 2.45) is 0 Å². The number of thioether (sulfide) groups is 1. The standard InChI is InChI=1S/C17H13N3S/c1-20-15-8-4-5-9-16(15)21-17(20)10-14-12-6-2-3-7-13(12)18-11-19-14/h2-11H,1H3. The van der Waals surface area contributed by atoms with Gasteiger partial charge in [0.2, 0.25) is 0 Å². The molecule has 3 aromatic rings. The Labute approximate surface area is 127 Å². The summed E-state index contributed by atoms with van der Waals surface area (Å²) in [5.41, 5.74) is 3.18. The van der Waals surface area contributed by atoms with E-state index in [4.69, 9.17) is 0 Å². The average molecular weight is 291 g/mol. The number of benzene rings is 2. The molecule has 1 aliphatic heterocycles. The molecule has 0 spiro atoms. The minimum Gasteiger partial charge on any atom is -0.338 e. The summed E-state index contributed by atoms with van der Waals surface area (Å²) >= 11 is 1.77. The molecule has 4 rings (SSSR count). The zero-order valence-electron chi connectivity index (χ0n) is 11.5.